The number of rotatable bonds is 10. The summed E-state index contributed by atoms with van der Waals surface area (Å²) in [6, 6.07) is 12.4. The number of thioether (sulfide) groups is 1. The van der Waals surface area contributed by atoms with E-state index in [1.807, 2.05) is 12.1 Å². The number of aromatic nitrogens is 1. The van der Waals surface area contributed by atoms with Crippen LogP contribution < -0.4 is 19.7 Å². The molecule has 1 aromatic heterocycles. The smallest absolute Gasteiger partial charge is 0.220 e. The summed E-state index contributed by atoms with van der Waals surface area (Å²) in [6.07, 6.45) is 0.540. The Morgan fingerprint density at radius 2 is 1.85 bits per heavy atom. The number of anilines is 1. The summed E-state index contributed by atoms with van der Waals surface area (Å²) in [5, 5.41) is 4.08. The highest BCUT2D eigenvalue weighted by atomic mass is 32.2. The van der Waals surface area contributed by atoms with E-state index in [-0.39, 0.29) is 5.91 Å². The molecule has 7 nitrogen and oxygen atoms in total. The topological polar surface area (TPSA) is 66.9 Å². The SMILES string of the molecule is COc1ccc2sc(N3CCN(CCNC(=O)CCSc4ccc(C)cc4)CC3)nc2c1OC. The van der Waals surface area contributed by atoms with E-state index in [9.17, 15) is 4.79 Å². The van der Waals surface area contributed by atoms with Gasteiger partial charge in [0, 0.05) is 56.3 Å². The van der Waals surface area contributed by atoms with Crippen LogP contribution in [0, 0.1) is 6.92 Å². The van der Waals surface area contributed by atoms with Gasteiger partial charge in [-0.1, -0.05) is 29.0 Å². The van der Waals surface area contributed by atoms with E-state index in [1.165, 1.54) is 10.5 Å². The molecule has 1 aliphatic rings. The van der Waals surface area contributed by atoms with Crippen molar-refractivity contribution < 1.29 is 14.3 Å². The van der Waals surface area contributed by atoms with E-state index >= 15 is 0 Å². The minimum Gasteiger partial charge on any atom is -0.493 e. The summed E-state index contributed by atoms with van der Waals surface area (Å²) in [6.45, 7) is 7.38. The first kappa shape index (κ1) is 24.6. The van der Waals surface area contributed by atoms with Crippen molar-refractivity contribution in [3.8, 4) is 11.5 Å². The van der Waals surface area contributed by atoms with Crippen LogP contribution in [0.5, 0.6) is 11.5 Å². The van der Waals surface area contributed by atoms with Crippen LogP contribution in [-0.4, -0.2) is 75.0 Å². The zero-order valence-electron chi connectivity index (χ0n) is 20.0. The fraction of sp³-hybridized carbons (Fsp3) is 0.440. The number of thiazole rings is 1. The van der Waals surface area contributed by atoms with Crippen molar-refractivity contribution in [3.05, 3.63) is 42.0 Å². The predicted molar refractivity (Wildman–Crippen MR) is 141 cm³/mol. The van der Waals surface area contributed by atoms with Crippen molar-refractivity contribution in [3.63, 3.8) is 0 Å². The van der Waals surface area contributed by atoms with Gasteiger partial charge in [-0.3, -0.25) is 9.69 Å². The van der Waals surface area contributed by atoms with Crippen LogP contribution in [0.25, 0.3) is 10.2 Å². The summed E-state index contributed by atoms with van der Waals surface area (Å²) in [7, 11) is 3.29. The Balaban J connectivity index is 1.18. The van der Waals surface area contributed by atoms with Gasteiger partial charge < -0.3 is 19.7 Å². The summed E-state index contributed by atoms with van der Waals surface area (Å²) in [5.41, 5.74) is 2.11. The van der Waals surface area contributed by atoms with Crippen LogP contribution >= 0.6 is 23.1 Å². The van der Waals surface area contributed by atoms with Gasteiger partial charge in [0.1, 0.15) is 5.52 Å². The van der Waals surface area contributed by atoms with Crippen molar-refractivity contribution in [2.45, 2.75) is 18.2 Å². The first-order chi connectivity index (χ1) is 16.6. The van der Waals surface area contributed by atoms with Crippen molar-refractivity contribution in [1.29, 1.82) is 0 Å². The summed E-state index contributed by atoms with van der Waals surface area (Å²) < 4.78 is 12.0. The molecule has 1 amide bonds. The molecule has 2 aromatic carbocycles. The summed E-state index contributed by atoms with van der Waals surface area (Å²) >= 11 is 3.41. The molecule has 34 heavy (non-hydrogen) atoms. The molecule has 0 unspecified atom stereocenters. The molecule has 1 N–H and O–H groups in total. The number of amides is 1. The van der Waals surface area contributed by atoms with E-state index in [2.05, 4.69) is 46.3 Å². The van der Waals surface area contributed by atoms with Crippen LogP contribution in [0.1, 0.15) is 12.0 Å². The number of piperazine rings is 1. The van der Waals surface area contributed by atoms with Gasteiger partial charge in [0.25, 0.3) is 0 Å². The Morgan fingerprint density at radius 3 is 2.56 bits per heavy atom. The number of hydrogen-bond acceptors (Lipinski definition) is 8. The molecule has 0 atom stereocenters. The molecular formula is C25H32N4O3S2. The van der Waals surface area contributed by atoms with Crippen molar-refractivity contribution in [2.24, 2.45) is 0 Å². The van der Waals surface area contributed by atoms with E-state index in [4.69, 9.17) is 14.5 Å². The minimum absolute atomic E-state index is 0.122. The van der Waals surface area contributed by atoms with E-state index in [0.717, 1.165) is 53.8 Å². The van der Waals surface area contributed by atoms with Gasteiger partial charge in [-0.25, -0.2) is 4.98 Å². The normalized spacial score (nSPS) is 14.4. The quantitative estimate of drug-likeness (QED) is 0.422. The fourth-order valence-electron chi connectivity index (χ4n) is 3.93. The zero-order chi connectivity index (χ0) is 23.9. The first-order valence-corrected chi connectivity index (χ1v) is 13.3. The van der Waals surface area contributed by atoms with Gasteiger partial charge >= 0.3 is 0 Å². The number of hydrogen-bond donors (Lipinski definition) is 1. The van der Waals surface area contributed by atoms with Crippen molar-refractivity contribution in [2.75, 3.05) is 64.1 Å². The lowest BCUT2D eigenvalue weighted by Crippen LogP contribution is -2.48. The first-order valence-electron chi connectivity index (χ1n) is 11.5. The van der Waals surface area contributed by atoms with Crippen LogP contribution in [0.3, 0.4) is 0 Å². The Morgan fingerprint density at radius 1 is 1.09 bits per heavy atom. The molecule has 9 heteroatoms. The number of ether oxygens (including phenoxy) is 2. The van der Waals surface area contributed by atoms with Crippen molar-refractivity contribution in [1.82, 2.24) is 15.2 Å². The molecule has 0 bridgehead atoms. The van der Waals surface area contributed by atoms with Gasteiger partial charge in [-0.05, 0) is 31.2 Å². The molecule has 3 aromatic rings. The third kappa shape index (κ3) is 6.14. The van der Waals surface area contributed by atoms with E-state index < -0.39 is 0 Å². The molecule has 1 aliphatic heterocycles. The maximum Gasteiger partial charge on any atom is 0.220 e. The van der Waals surface area contributed by atoms with Crippen LogP contribution in [0.4, 0.5) is 5.13 Å². The molecule has 0 saturated carbocycles. The van der Waals surface area contributed by atoms with Crippen LogP contribution in [0.15, 0.2) is 41.3 Å². The maximum absolute atomic E-state index is 12.2. The highest BCUT2D eigenvalue weighted by molar-refractivity contribution is 7.99. The monoisotopic (exact) mass is 500 g/mol. The molecular weight excluding hydrogens is 468 g/mol. The average Bonchev–Trinajstić information content (AvgIpc) is 3.29. The predicted octanol–water partition coefficient (Wildman–Crippen LogP) is 4.04. The second-order valence-corrected chi connectivity index (χ2v) is 10.4. The Hall–Kier alpha value is -2.49. The molecule has 4 rings (SSSR count). The maximum atomic E-state index is 12.2. The summed E-state index contributed by atoms with van der Waals surface area (Å²) in [5.74, 6) is 2.31. The third-order valence-electron chi connectivity index (χ3n) is 5.90. The number of benzene rings is 2. The largest absolute Gasteiger partial charge is 0.493 e. The number of carbonyl (C=O) groups is 1. The molecule has 2 heterocycles. The lowest BCUT2D eigenvalue weighted by Gasteiger charge is -2.34. The Labute approximate surface area is 209 Å². The number of nitrogens with zero attached hydrogens (tertiary/aromatic N) is 3. The number of carbonyl (C=O) groups excluding carboxylic acids is 1. The van der Waals surface area contributed by atoms with Gasteiger partial charge in [0.15, 0.2) is 16.6 Å². The Bertz CT molecular complexity index is 1100. The number of fused-ring (bicyclic) bond motifs is 1. The average molecular weight is 501 g/mol. The molecule has 182 valence electrons. The van der Waals surface area contributed by atoms with Crippen LogP contribution in [0.2, 0.25) is 0 Å². The van der Waals surface area contributed by atoms with Gasteiger partial charge in [0.05, 0.1) is 18.9 Å². The van der Waals surface area contributed by atoms with Crippen molar-refractivity contribution >= 4 is 44.4 Å². The minimum atomic E-state index is 0.122. The number of aryl methyl sites for hydroxylation is 1. The molecule has 1 saturated heterocycles. The van der Waals surface area contributed by atoms with Crippen LogP contribution in [-0.2, 0) is 4.79 Å². The van der Waals surface area contributed by atoms with E-state index in [1.54, 1.807) is 37.3 Å². The summed E-state index contributed by atoms with van der Waals surface area (Å²) in [4.78, 5) is 22.9. The molecule has 0 aliphatic carbocycles. The standard InChI is InChI=1S/C25H32N4O3S2/c1-18-4-6-19(7-5-18)33-17-10-22(30)26-11-12-28-13-15-29(16-14-28)25-27-23-21(34-25)9-8-20(31-2)24(23)32-3/h4-9H,10-17H2,1-3H3,(H,26,30). The molecule has 0 radical (unpaired) electrons. The third-order valence-corrected chi connectivity index (χ3v) is 8.00. The molecule has 1 fully saturated rings. The molecule has 0 spiro atoms. The fourth-order valence-corrected chi connectivity index (χ4v) is 5.80. The van der Waals surface area contributed by atoms with Gasteiger partial charge in [-0.15, -0.1) is 11.8 Å². The highest BCUT2D eigenvalue weighted by Crippen LogP contribution is 2.40. The van der Waals surface area contributed by atoms with Gasteiger partial charge in [-0.2, -0.15) is 0 Å². The zero-order valence-corrected chi connectivity index (χ0v) is 21.6. The second-order valence-electron chi connectivity index (χ2n) is 8.23. The number of nitrogens with one attached hydrogen (secondary N) is 1. The Kier molecular flexibility index (Phi) is 8.53. The van der Waals surface area contributed by atoms with Gasteiger partial charge in [0.2, 0.25) is 5.91 Å². The van der Waals surface area contributed by atoms with E-state index in [0.29, 0.717) is 24.5 Å². The lowest BCUT2D eigenvalue weighted by atomic mass is 10.2. The number of methoxy groups -OCH3 is 2. The second kappa shape index (κ2) is 11.8. The lowest BCUT2D eigenvalue weighted by molar-refractivity contribution is -0.120. The highest BCUT2D eigenvalue weighted by Gasteiger charge is 2.21.